The number of esters is 1. The number of aryl methyl sites for hydroxylation is 1. The zero-order valence-electron chi connectivity index (χ0n) is 19.1. The Balaban J connectivity index is 1.30. The fourth-order valence-electron chi connectivity index (χ4n) is 5.13. The third-order valence-corrected chi connectivity index (χ3v) is 6.97. The minimum atomic E-state index is -0.595. The third-order valence-electron chi connectivity index (χ3n) is 6.97. The van der Waals surface area contributed by atoms with Gasteiger partial charge in [0.25, 0.3) is 0 Å². The zero-order chi connectivity index (χ0) is 24.0. The van der Waals surface area contributed by atoms with Gasteiger partial charge in [-0.05, 0) is 43.5 Å². The highest BCUT2D eigenvalue weighted by Crippen LogP contribution is 2.41. The van der Waals surface area contributed by atoms with E-state index >= 15 is 0 Å². The minimum absolute atomic E-state index is 0.00223. The molecular weight excluding hydrogens is 432 g/mol. The van der Waals surface area contributed by atoms with Gasteiger partial charge in [0, 0.05) is 24.7 Å². The van der Waals surface area contributed by atoms with E-state index in [1.54, 1.807) is 23.1 Å². The van der Waals surface area contributed by atoms with Gasteiger partial charge >= 0.3 is 5.97 Å². The molecule has 3 aliphatic rings. The zero-order valence-corrected chi connectivity index (χ0v) is 19.1. The molecule has 0 radical (unpaired) electrons. The number of imide groups is 1. The molecule has 2 heterocycles. The second-order valence-corrected chi connectivity index (χ2v) is 9.33. The molecule has 174 valence electrons. The van der Waals surface area contributed by atoms with Crippen LogP contribution in [0.2, 0.25) is 0 Å². The molecule has 34 heavy (non-hydrogen) atoms. The van der Waals surface area contributed by atoms with E-state index in [0.29, 0.717) is 12.1 Å². The fraction of sp³-hybridized carbons (Fsp3) is 0.333. The summed E-state index contributed by atoms with van der Waals surface area (Å²) in [6.45, 7) is 4.17. The fourth-order valence-corrected chi connectivity index (χ4v) is 5.13. The lowest BCUT2D eigenvalue weighted by Crippen LogP contribution is -2.31. The summed E-state index contributed by atoms with van der Waals surface area (Å²) in [6, 6.07) is 14.0. The standard InChI is InChI=1S/C27H26N2O5/c1-16-9-11-19(12-10-16)28-15-18(13-23(28)30)27(33)34-21-7-4-6-20(14-21)29-25(31)22-8-3-5-17(2)24(22)26(29)32/h3-7,9-12,14,17-18,22,24H,8,13,15H2,1-2H3/t17-,18-,22-,24-/m1/s1. The number of ether oxygens (including phenoxy) is 1. The Morgan fingerprint density at radius 2 is 1.76 bits per heavy atom. The molecule has 2 aromatic carbocycles. The molecule has 2 fully saturated rings. The predicted octanol–water partition coefficient (Wildman–Crippen LogP) is 3.66. The van der Waals surface area contributed by atoms with Crippen LogP contribution in [0.4, 0.5) is 11.4 Å². The molecule has 0 unspecified atom stereocenters. The van der Waals surface area contributed by atoms with Crippen molar-refractivity contribution in [1.82, 2.24) is 0 Å². The van der Waals surface area contributed by atoms with Gasteiger partial charge in [0.1, 0.15) is 5.75 Å². The van der Waals surface area contributed by atoms with Gasteiger partial charge in [-0.25, -0.2) is 4.90 Å². The second-order valence-electron chi connectivity index (χ2n) is 9.33. The summed E-state index contributed by atoms with van der Waals surface area (Å²) in [7, 11) is 0. The van der Waals surface area contributed by atoms with Crippen LogP contribution in [0.1, 0.15) is 25.3 Å². The Hall–Kier alpha value is -3.74. The summed E-state index contributed by atoms with van der Waals surface area (Å²) in [5.74, 6) is -2.14. The van der Waals surface area contributed by atoms with Gasteiger partial charge in [-0.2, -0.15) is 0 Å². The number of hydrogen-bond donors (Lipinski definition) is 0. The average Bonchev–Trinajstić information content (AvgIpc) is 3.33. The molecule has 0 spiro atoms. The van der Waals surface area contributed by atoms with Crippen LogP contribution in [0.15, 0.2) is 60.7 Å². The number of nitrogens with zero attached hydrogens (tertiary/aromatic N) is 2. The van der Waals surface area contributed by atoms with Gasteiger partial charge in [-0.15, -0.1) is 0 Å². The lowest BCUT2D eigenvalue weighted by molar-refractivity contribution is -0.139. The maximum Gasteiger partial charge on any atom is 0.316 e. The first-order chi connectivity index (χ1) is 16.3. The van der Waals surface area contributed by atoms with Gasteiger partial charge in [-0.3, -0.25) is 19.2 Å². The molecule has 1 aliphatic carbocycles. The summed E-state index contributed by atoms with van der Waals surface area (Å²) in [4.78, 5) is 54.2. The molecule has 0 N–H and O–H groups in total. The van der Waals surface area contributed by atoms with Crippen molar-refractivity contribution in [2.45, 2.75) is 26.7 Å². The minimum Gasteiger partial charge on any atom is -0.426 e. The van der Waals surface area contributed by atoms with Crippen LogP contribution in [0.25, 0.3) is 0 Å². The van der Waals surface area contributed by atoms with Crippen LogP contribution >= 0.6 is 0 Å². The van der Waals surface area contributed by atoms with E-state index in [-0.39, 0.29) is 54.2 Å². The van der Waals surface area contributed by atoms with Crippen molar-refractivity contribution in [3.63, 3.8) is 0 Å². The Morgan fingerprint density at radius 3 is 2.50 bits per heavy atom. The topological polar surface area (TPSA) is 84.0 Å². The highest BCUT2D eigenvalue weighted by atomic mass is 16.5. The van der Waals surface area contributed by atoms with Gasteiger partial charge in [0.05, 0.1) is 23.4 Å². The molecule has 2 aromatic rings. The first kappa shape index (κ1) is 22.1. The highest BCUT2D eigenvalue weighted by Gasteiger charge is 2.50. The molecule has 2 saturated heterocycles. The van der Waals surface area contributed by atoms with Crippen LogP contribution < -0.4 is 14.5 Å². The highest BCUT2D eigenvalue weighted by molar-refractivity contribution is 6.22. The molecule has 7 nitrogen and oxygen atoms in total. The average molecular weight is 459 g/mol. The molecule has 4 atom stereocenters. The SMILES string of the molecule is Cc1ccc(N2C[C@H](C(=O)Oc3cccc(N4C(=O)[C@@H]5[C@H](C)C=CC[C@H]5C4=O)c3)CC2=O)cc1. The molecule has 0 saturated carbocycles. The lowest BCUT2D eigenvalue weighted by atomic mass is 9.78. The number of anilines is 2. The summed E-state index contributed by atoms with van der Waals surface area (Å²) in [5.41, 5.74) is 2.24. The van der Waals surface area contributed by atoms with Crippen molar-refractivity contribution in [2.75, 3.05) is 16.3 Å². The summed E-state index contributed by atoms with van der Waals surface area (Å²) >= 11 is 0. The van der Waals surface area contributed by atoms with Gasteiger partial charge in [0.2, 0.25) is 17.7 Å². The van der Waals surface area contributed by atoms with E-state index in [9.17, 15) is 19.2 Å². The van der Waals surface area contributed by atoms with Crippen molar-refractivity contribution in [2.24, 2.45) is 23.7 Å². The maximum absolute atomic E-state index is 13.1. The van der Waals surface area contributed by atoms with E-state index < -0.39 is 11.9 Å². The number of carbonyl (C=O) groups is 4. The molecular formula is C27H26N2O5. The molecule has 0 bridgehead atoms. The van der Waals surface area contributed by atoms with Crippen molar-refractivity contribution >= 4 is 35.1 Å². The Morgan fingerprint density at radius 1 is 1.00 bits per heavy atom. The van der Waals surface area contributed by atoms with E-state index in [4.69, 9.17) is 4.74 Å². The number of carbonyl (C=O) groups excluding carboxylic acids is 4. The normalized spacial score (nSPS) is 26.2. The summed E-state index contributed by atoms with van der Waals surface area (Å²) < 4.78 is 5.58. The number of allylic oxidation sites excluding steroid dienone is 2. The van der Waals surface area contributed by atoms with Crippen molar-refractivity contribution in [3.8, 4) is 5.75 Å². The Kier molecular flexibility index (Phi) is 5.55. The molecule has 3 amide bonds. The molecule has 5 rings (SSSR count). The van der Waals surface area contributed by atoms with Crippen LogP contribution in [-0.2, 0) is 19.2 Å². The van der Waals surface area contributed by atoms with Crippen LogP contribution in [0.5, 0.6) is 5.75 Å². The number of amides is 3. The molecule has 0 aromatic heterocycles. The van der Waals surface area contributed by atoms with Gasteiger partial charge < -0.3 is 9.64 Å². The third kappa shape index (κ3) is 3.81. The predicted molar refractivity (Wildman–Crippen MR) is 126 cm³/mol. The van der Waals surface area contributed by atoms with E-state index in [0.717, 1.165) is 11.3 Å². The number of fused-ring (bicyclic) bond motifs is 1. The maximum atomic E-state index is 13.1. The van der Waals surface area contributed by atoms with Crippen LogP contribution in [0, 0.1) is 30.6 Å². The van der Waals surface area contributed by atoms with E-state index in [1.807, 2.05) is 50.3 Å². The largest absolute Gasteiger partial charge is 0.426 e. The Labute approximate surface area is 198 Å². The lowest BCUT2D eigenvalue weighted by Gasteiger charge is -2.22. The number of rotatable bonds is 4. The van der Waals surface area contributed by atoms with Gasteiger partial charge in [0.15, 0.2) is 0 Å². The molecule has 7 heteroatoms. The van der Waals surface area contributed by atoms with Crippen LogP contribution in [-0.4, -0.2) is 30.2 Å². The number of benzene rings is 2. The Bertz CT molecular complexity index is 1200. The van der Waals surface area contributed by atoms with Gasteiger partial charge in [-0.1, -0.05) is 42.8 Å². The van der Waals surface area contributed by atoms with E-state index in [1.165, 1.54) is 11.0 Å². The smallest absolute Gasteiger partial charge is 0.316 e. The van der Waals surface area contributed by atoms with Crippen LogP contribution in [0.3, 0.4) is 0 Å². The first-order valence-electron chi connectivity index (χ1n) is 11.6. The van der Waals surface area contributed by atoms with E-state index in [2.05, 4.69) is 0 Å². The first-order valence-corrected chi connectivity index (χ1v) is 11.6. The van der Waals surface area contributed by atoms with Crippen molar-refractivity contribution in [3.05, 3.63) is 66.2 Å². The summed E-state index contributed by atoms with van der Waals surface area (Å²) in [5, 5.41) is 0. The van der Waals surface area contributed by atoms with Crippen molar-refractivity contribution in [1.29, 1.82) is 0 Å². The van der Waals surface area contributed by atoms with Crippen molar-refractivity contribution < 1.29 is 23.9 Å². The summed E-state index contributed by atoms with van der Waals surface area (Å²) in [6.07, 6.45) is 4.57. The second kappa shape index (κ2) is 8.56. The number of hydrogen-bond acceptors (Lipinski definition) is 5. The quantitative estimate of drug-likeness (QED) is 0.302. The molecule has 2 aliphatic heterocycles. The monoisotopic (exact) mass is 458 g/mol.